The number of ether oxygens (including phenoxy) is 3. The summed E-state index contributed by atoms with van der Waals surface area (Å²) in [5, 5.41) is 0.658. The minimum absolute atomic E-state index is 0.0434. The van der Waals surface area contributed by atoms with Gasteiger partial charge in [-0.1, -0.05) is 18.2 Å². The molecule has 0 fully saturated rings. The van der Waals surface area contributed by atoms with Gasteiger partial charge >= 0.3 is 12.1 Å². The number of fused-ring (bicyclic) bond motifs is 3. The molecule has 0 saturated carbocycles. The number of benzene rings is 3. The third-order valence-corrected chi connectivity index (χ3v) is 5.95. The number of carbonyl (C=O) groups excluding carboxylic acids is 1. The number of anilines is 2. The monoisotopic (exact) mass is 494 g/mol. The summed E-state index contributed by atoms with van der Waals surface area (Å²) in [7, 11) is 1.52. The summed E-state index contributed by atoms with van der Waals surface area (Å²) in [5.74, 6) is -0.498. The smallest absolute Gasteiger partial charge is 0.491 e. The molecule has 1 aromatic heterocycles. The quantitative estimate of drug-likeness (QED) is 0.297. The summed E-state index contributed by atoms with van der Waals surface area (Å²) in [5.41, 5.74) is 3.11. The van der Waals surface area contributed by atoms with Crippen LogP contribution in [0.4, 0.5) is 24.5 Å². The molecule has 0 spiro atoms. The van der Waals surface area contributed by atoms with E-state index in [-0.39, 0.29) is 6.42 Å². The van der Waals surface area contributed by atoms with Gasteiger partial charge in [0, 0.05) is 28.8 Å². The fraction of sp³-hybridized carbons (Fsp3) is 0.185. The molecule has 0 amide bonds. The third-order valence-electron chi connectivity index (χ3n) is 5.95. The Kier molecular flexibility index (Phi) is 5.91. The highest BCUT2D eigenvalue weighted by molar-refractivity contribution is 5.98. The van der Waals surface area contributed by atoms with Crippen LogP contribution < -0.4 is 14.4 Å². The van der Waals surface area contributed by atoms with Gasteiger partial charge in [-0.15, -0.1) is 0 Å². The molecule has 9 heteroatoms. The molecule has 1 aliphatic heterocycles. The molecule has 1 unspecified atom stereocenters. The van der Waals surface area contributed by atoms with Crippen molar-refractivity contribution in [1.82, 2.24) is 4.98 Å². The van der Waals surface area contributed by atoms with Gasteiger partial charge in [0.25, 0.3) is 0 Å². The van der Waals surface area contributed by atoms with Crippen molar-refractivity contribution in [3.05, 3.63) is 84.1 Å². The number of rotatable bonds is 5. The fourth-order valence-electron chi connectivity index (χ4n) is 4.32. The first-order valence-electron chi connectivity index (χ1n) is 11.1. The number of nitrogens with zero attached hydrogens (tertiary/aromatic N) is 2. The Labute approximate surface area is 204 Å². The Morgan fingerprint density at radius 1 is 0.972 bits per heavy atom. The standard InChI is InChI=1S/C27H21F3N2O4/c1-16-21-15-24(36-26(33)27(28,29)30)32(17-8-10-18(34-2)11-9-17)25(21)22-14-20(12-13-23(22)31-16)35-19-6-4-3-5-7-19/h3-14,24H,15H2,1-2H3. The number of aromatic nitrogens is 1. The van der Waals surface area contributed by atoms with Crippen molar-refractivity contribution < 1.29 is 32.2 Å². The van der Waals surface area contributed by atoms with E-state index in [2.05, 4.69) is 4.98 Å². The molecule has 36 heavy (non-hydrogen) atoms. The highest BCUT2D eigenvalue weighted by Crippen LogP contribution is 2.46. The van der Waals surface area contributed by atoms with Crippen LogP contribution in [0.25, 0.3) is 10.9 Å². The van der Waals surface area contributed by atoms with Crippen molar-refractivity contribution in [3.8, 4) is 17.2 Å². The Hall–Kier alpha value is -4.27. The number of hydrogen-bond donors (Lipinski definition) is 0. The van der Waals surface area contributed by atoms with Gasteiger partial charge in [-0.2, -0.15) is 13.2 Å². The Bertz CT molecular complexity index is 1420. The minimum Gasteiger partial charge on any atom is -0.497 e. The van der Waals surface area contributed by atoms with Gasteiger partial charge in [0.15, 0.2) is 6.23 Å². The van der Waals surface area contributed by atoms with Crippen molar-refractivity contribution in [1.29, 1.82) is 0 Å². The van der Waals surface area contributed by atoms with Gasteiger partial charge in [0.1, 0.15) is 17.2 Å². The minimum atomic E-state index is -5.12. The molecule has 0 N–H and O–H groups in total. The first-order chi connectivity index (χ1) is 17.2. The zero-order valence-electron chi connectivity index (χ0n) is 19.4. The molecule has 1 atom stereocenters. The van der Waals surface area contributed by atoms with E-state index in [1.165, 1.54) is 7.11 Å². The topological polar surface area (TPSA) is 60.9 Å². The average Bonchev–Trinajstić information content (AvgIpc) is 3.24. The molecular weight excluding hydrogens is 473 g/mol. The normalized spacial score (nSPS) is 15.0. The van der Waals surface area contributed by atoms with Crippen LogP contribution in [0.5, 0.6) is 17.2 Å². The molecule has 5 rings (SSSR count). The number of pyridine rings is 1. The first kappa shape index (κ1) is 23.5. The number of para-hydroxylation sites is 1. The van der Waals surface area contributed by atoms with Crippen molar-refractivity contribution in [2.45, 2.75) is 25.7 Å². The highest BCUT2D eigenvalue weighted by Gasteiger charge is 2.45. The van der Waals surface area contributed by atoms with Gasteiger partial charge in [0.2, 0.25) is 0 Å². The van der Waals surface area contributed by atoms with Crippen LogP contribution in [0.3, 0.4) is 0 Å². The maximum absolute atomic E-state index is 13.1. The lowest BCUT2D eigenvalue weighted by Gasteiger charge is -2.28. The van der Waals surface area contributed by atoms with Crippen molar-refractivity contribution in [3.63, 3.8) is 0 Å². The van der Waals surface area contributed by atoms with Crippen LogP contribution in [0.2, 0.25) is 0 Å². The fourth-order valence-corrected chi connectivity index (χ4v) is 4.32. The first-order valence-corrected chi connectivity index (χ1v) is 11.1. The van der Waals surface area contributed by atoms with Crippen LogP contribution in [0, 0.1) is 6.92 Å². The Morgan fingerprint density at radius 3 is 2.33 bits per heavy atom. The molecule has 4 aromatic rings. The van der Waals surface area contributed by atoms with Crippen LogP contribution in [0.1, 0.15) is 11.3 Å². The molecule has 0 aliphatic carbocycles. The van der Waals surface area contributed by atoms with E-state index in [1.807, 2.05) is 30.3 Å². The molecule has 0 saturated heterocycles. The molecule has 0 bridgehead atoms. The maximum Gasteiger partial charge on any atom is 0.491 e. The van der Waals surface area contributed by atoms with Crippen molar-refractivity contribution >= 4 is 28.2 Å². The molecule has 184 valence electrons. The number of aryl methyl sites for hydroxylation is 1. The number of methoxy groups -OCH3 is 1. The second-order valence-corrected chi connectivity index (χ2v) is 8.25. The largest absolute Gasteiger partial charge is 0.497 e. The van der Waals surface area contributed by atoms with Gasteiger partial charge in [-0.25, -0.2) is 4.79 Å². The number of esters is 1. The number of hydrogen-bond acceptors (Lipinski definition) is 6. The van der Waals surface area contributed by atoms with Gasteiger partial charge in [-0.3, -0.25) is 4.98 Å². The average molecular weight is 494 g/mol. The van der Waals surface area contributed by atoms with E-state index < -0.39 is 18.4 Å². The number of carbonyl (C=O) groups is 1. The predicted octanol–water partition coefficient (Wildman–Crippen LogP) is 6.47. The number of halogens is 3. The summed E-state index contributed by atoms with van der Waals surface area (Å²) >= 11 is 0. The SMILES string of the molecule is COc1ccc(N2c3c(c(C)nc4ccc(Oc5ccccc5)cc34)CC2OC(=O)C(F)(F)F)cc1. The highest BCUT2D eigenvalue weighted by atomic mass is 19.4. The van der Waals surface area contributed by atoms with E-state index in [9.17, 15) is 18.0 Å². The zero-order valence-corrected chi connectivity index (χ0v) is 19.4. The van der Waals surface area contributed by atoms with E-state index >= 15 is 0 Å². The second-order valence-electron chi connectivity index (χ2n) is 8.25. The third kappa shape index (κ3) is 4.39. The van der Waals surface area contributed by atoms with Gasteiger partial charge in [-0.05, 0) is 61.5 Å². The molecular formula is C27H21F3N2O4. The van der Waals surface area contributed by atoms with Crippen LogP contribution in [-0.4, -0.2) is 30.5 Å². The zero-order chi connectivity index (χ0) is 25.4. The van der Waals surface area contributed by atoms with E-state index in [4.69, 9.17) is 14.2 Å². The second kappa shape index (κ2) is 9.07. The van der Waals surface area contributed by atoms with Crippen molar-refractivity contribution in [2.24, 2.45) is 0 Å². The summed E-state index contributed by atoms with van der Waals surface area (Å²) in [6, 6.07) is 21.4. The summed E-state index contributed by atoms with van der Waals surface area (Å²) in [4.78, 5) is 18.1. The lowest BCUT2D eigenvalue weighted by Crippen LogP contribution is -2.37. The predicted molar refractivity (Wildman–Crippen MR) is 128 cm³/mol. The Morgan fingerprint density at radius 2 is 1.67 bits per heavy atom. The summed E-state index contributed by atoms with van der Waals surface area (Å²) in [6.45, 7) is 1.78. The van der Waals surface area contributed by atoms with Gasteiger partial charge < -0.3 is 19.1 Å². The summed E-state index contributed by atoms with van der Waals surface area (Å²) < 4.78 is 55.5. The lowest BCUT2D eigenvalue weighted by molar-refractivity contribution is -0.204. The lowest BCUT2D eigenvalue weighted by atomic mass is 10.1. The van der Waals surface area contributed by atoms with Gasteiger partial charge in [0.05, 0.1) is 18.3 Å². The van der Waals surface area contributed by atoms with Crippen LogP contribution in [-0.2, 0) is 16.0 Å². The number of alkyl halides is 3. The van der Waals surface area contributed by atoms with E-state index in [0.29, 0.717) is 50.8 Å². The van der Waals surface area contributed by atoms with E-state index in [1.54, 1.807) is 54.3 Å². The molecule has 0 radical (unpaired) electrons. The molecule has 1 aliphatic rings. The molecule has 6 nitrogen and oxygen atoms in total. The summed E-state index contributed by atoms with van der Waals surface area (Å²) in [6.07, 6.45) is -6.29. The molecule has 2 heterocycles. The van der Waals surface area contributed by atoms with Crippen LogP contribution >= 0.6 is 0 Å². The molecule has 3 aromatic carbocycles. The van der Waals surface area contributed by atoms with Crippen molar-refractivity contribution in [2.75, 3.05) is 12.0 Å². The van der Waals surface area contributed by atoms with E-state index in [0.717, 1.165) is 0 Å². The Balaban J connectivity index is 1.65. The maximum atomic E-state index is 13.1. The van der Waals surface area contributed by atoms with Crippen LogP contribution in [0.15, 0.2) is 72.8 Å².